The van der Waals surface area contributed by atoms with Crippen LogP contribution < -0.4 is 0 Å². The first-order valence-corrected chi connectivity index (χ1v) is 5.43. The maximum atomic E-state index is 11.4. The molecule has 3 nitrogen and oxygen atoms in total. The lowest BCUT2D eigenvalue weighted by molar-refractivity contribution is -0.117. The zero-order valence-corrected chi connectivity index (χ0v) is 9.15. The minimum atomic E-state index is -0.416. The minimum absolute atomic E-state index is 0.0278. The monoisotopic (exact) mass is 218 g/mol. The van der Waals surface area contributed by atoms with Gasteiger partial charge in [-0.25, -0.2) is 0 Å². The average Bonchev–Trinajstić information content (AvgIpc) is 2.81. The number of nitrogens with zero attached hydrogens (tertiary/aromatic N) is 2. The van der Waals surface area contributed by atoms with Gasteiger partial charge in [-0.2, -0.15) is 4.99 Å². The van der Waals surface area contributed by atoms with Crippen LogP contribution in [0, 0.1) is 0 Å². The van der Waals surface area contributed by atoms with E-state index >= 15 is 0 Å². The van der Waals surface area contributed by atoms with Gasteiger partial charge in [0.05, 0.1) is 0 Å². The van der Waals surface area contributed by atoms with Crippen molar-refractivity contribution >= 4 is 34.4 Å². The molecule has 1 aliphatic heterocycles. The molecule has 1 atom stereocenters. The quantitative estimate of drug-likeness (QED) is 0.575. The molecule has 1 heterocycles. The van der Waals surface area contributed by atoms with Gasteiger partial charge in [0, 0.05) is 18.8 Å². The molecule has 1 aliphatic carbocycles. The largest absolute Gasteiger partial charge is 0.357 e. The molecule has 5 heteroatoms. The molecule has 0 radical (unpaired) electrons. The van der Waals surface area contributed by atoms with Crippen molar-refractivity contribution in [3.8, 4) is 0 Å². The van der Waals surface area contributed by atoms with Gasteiger partial charge in [0.2, 0.25) is 0 Å². The number of carbonyl (C=O) groups excluding carboxylic acids is 1. The summed E-state index contributed by atoms with van der Waals surface area (Å²) in [5.74, 6) is -0.179. The lowest BCUT2D eigenvalue weighted by Gasteiger charge is -2.27. The van der Waals surface area contributed by atoms with Gasteiger partial charge in [-0.3, -0.25) is 4.79 Å². The summed E-state index contributed by atoms with van der Waals surface area (Å²) in [6.45, 7) is 0. The average molecular weight is 219 g/mol. The lowest BCUT2D eigenvalue weighted by atomic mass is 10.2. The van der Waals surface area contributed by atoms with Crippen molar-refractivity contribution in [2.75, 3.05) is 14.1 Å². The van der Waals surface area contributed by atoms with Crippen molar-refractivity contribution in [3.63, 3.8) is 0 Å². The first kappa shape index (κ1) is 9.34. The number of hydrogen-bond donors (Lipinski definition) is 0. The van der Waals surface area contributed by atoms with E-state index in [2.05, 4.69) is 4.99 Å². The summed E-state index contributed by atoms with van der Waals surface area (Å²) in [6, 6.07) is 0. The maximum absolute atomic E-state index is 11.4. The molecule has 1 amide bonds. The third-order valence-corrected chi connectivity index (χ3v) is 4.73. The summed E-state index contributed by atoms with van der Waals surface area (Å²) in [4.78, 5) is 17.2. The maximum Gasteiger partial charge on any atom is 0.267 e. The van der Waals surface area contributed by atoms with Crippen molar-refractivity contribution in [2.45, 2.75) is 23.0 Å². The molecule has 0 saturated heterocycles. The van der Waals surface area contributed by atoms with Crippen LogP contribution in [0.5, 0.6) is 0 Å². The lowest BCUT2D eigenvalue weighted by Crippen LogP contribution is -2.37. The molecule has 1 fully saturated rings. The van der Waals surface area contributed by atoms with E-state index in [1.807, 2.05) is 19.0 Å². The summed E-state index contributed by atoms with van der Waals surface area (Å²) >= 11 is 7.64. The fourth-order valence-electron chi connectivity index (χ4n) is 1.30. The van der Waals surface area contributed by atoms with Crippen molar-refractivity contribution in [2.24, 2.45) is 4.99 Å². The number of alkyl halides is 1. The zero-order valence-electron chi connectivity index (χ0n) is 7.58. The molecular weight excluding hydrogens is 208 g/mol. The third kappa shape index (κ3) is 1.46. The van der Waals surface area contributed by atoms with Gasteiger partial charge in [0.1, 0.15) is 5.38 Å². The fraction of sp³-hybridized carbons (Fsp3) is 0.750. The minimum Gasteiger partial charge on any atom is -0.357 e. The van der Waals surface area contributed by atoms with E-state index in [0.717, 1.165) is 18.0 Å². The number of thioether (sulfide) groups is 1. The highest BCUT2D eigenvalue weighted by Crippen LogP contribution is 2.55. The second-order valence-electron chi connectivity index (χ2n) is 3.66. The molecular formula is C8H11ClN2OS. The topological polar surface area (TPSA) is 32.7 Å². The van der Waals surface area contributed by atoms with Crippen LogP contribution in [0.15, 0.2) is 4.99 Å². The summed E-state index contributed by atoms with van der Waals surface area (Å²) in [6.07, 6.45) is 2.06. The number of aliphatic imine (C=N–C) groups is 1. The van der Waals surface area contributed by atoms with Crippen LogP contribution in [-0.2, 0) is 4.79 Å². The Morgan fingerprint density at radius 3 is 2.69 bits per heavy atom. The van der Waals surface area contributed by atoms with Crippen LogP contribution >= 0.6 is 23.4 Å². The van der Waals surface area contributed by atoms with E-state index in [0.29, 0.717) is 0 Å². The fourth-order valence-corrected chi connectivity index (χ4v) is 2.90. The predicted molar refractivity (Wildman–Crippen MR) is 55.3 cm³/mol. The van der Waals surface area contributed by atoms with Crippen LogP contribution in [0.3, 0.4) is 0 Å². The van der Waals surface area contributed by atoms with E-state index in [1.165, 1.54) is 0 Å². The first-order chi connectivity index (χ1) is 6.05. The highest BCUT2D eigenvalue weighted by atomic mass is 35.5. The van der Waals surface area contributed by atoms with Crippen molar-refractivity contribution in [1.82, 2.24) is 4.90 Å². The smallest absolute Gasteiger partial charge is 0.267 e. The molecule has 1 saturated carbocycles. The van der Waals surface area contributed by atoms with Gasteiger partial charge in [0.15, 0.2) is 5.17 Å². The molecule has 0 bridgehead atoms. The number of carbonyl (C=O) groups is 1. The predicted octanol–water partition coefficient (Wildman–Crippen LogP) is 1.32. The van der Waals surface area contributed by atoms with Gasteiger partial charge < -0.3 is 4.90 Å². The number of rotatable bonds is 0. The summed E-state index contributed by atoms with van der Waals surface area (Å²) < 4.78 is -0.0278. The summed E-state index contributed by atoms with van der Waals surface area (Å²) in [5, 5.41) is 0.376. The third-order valence-electron chi connectivity index (χ3n) is 2.30. The standard InChI is InChI=1S/C8H11ClN2OS/c1-11(2)7-10-6(12)5(9)8(13-7)3-4-8/h5H,3-4H2,1-2H3. The number of amides is 1. The van der Waals surface area contributed by atoms with Gasteiger partial charge in [-0.15, -0.1) is 11.6 Å². The zero-order chi connectivity index (χ0) is 9.64. The van der Waals surface area contributed by atoms with Crippen LogP contribution in [0.2, 0.25) is 0 Å². The molecule has 1 spiro atoms. The van der Waals surface area contributed by atoms with Crippen molar-refractivity contribution in [3.05, 3.63) is 0 Å². The summed E-state index contributed by atoms with van der Waals surface area (Å²) in [5.41, 5.74) is 0. The molecule has 13 heavy (non-hydrogen) atoms. The Morgan fingerprint density at radius 2 is 2.23 bits per heavy atom. The highest BCUT2D eigenvalue weighted by Gasteiger charge is 2.56. The van der Waals surface area contributed by atoms with E-state index < -0.39 is 5.38 Å². The number of halogens is 1. The Kier molecular flexibility index (Phi) is 2.07. The van der Waals surface area contributed by atoms with E-state index in [9.17, 15) is 4.79 Å². The normalized spacial score (nSPS) is 30.2. The van der Waals surface area contributed by atoms with Crippen molar-refractivity contribution in [1.29, 1.82) is 0 Å². The summed E-state index contributed by atoms with van der Waals surface area (Å²) in [7, 11) is 3.79. The van der Waals surface area contributed by atoms with Crippen LogP contribution in [0.4, 0.5) is 0 Å². The molecule has 0 aromatic carbocycles. The molecule has 0 aromatic rings. The van der Waals surface area contributed by atoms with Crippen LogP contribution in [-0.4, -0.2) is 40.2 Å². The second-order valence-corrected chi connectivity index (χ2v) is 5.48. The Bertz CT molecular complexity index is 286. The van der Waals surface area contributed by atoms with E-state index in [-0.39, 0.29) is 10.7 Å². The SMILES string of the molecule is CN(C)C1=NC(=O)C(Cl)C2(CC2)S1. The van der Waals surface area contributed by atoms with E-state index in [1.54, 1.807) is 11.8 Å². The highest BCUT2D eigenvalue weighted by molar-refractivity contribution is 8.15. The molecule has 1 unspecified atom stereocenters. The molecule has 2 rings (SSSR count). The molecule has 72 valence electrons. The first-order valence-electron chi connectivity index (χ1n) is 4.18. The molecule has 0 aromatic heterocycles. The van der Waals surface area contributed by atoms with Crippen LogP contribution in [0.1, 0.15) is 12.8 Å². The van der Waals surface area contributed by atoms with Crippen molar-refractivity contribution < 1.29 is 4.79 Å². The number of hydrogen-bond acceptors (Lipinski definition) is 3. The van der Waals surface area contributed by atoms with Crippen LogP contribution in [0.25, 0.3) is 0 Å². The van der Waals surface area contributed by atoms with Gasteiger partial charge in [-0.1, -0.05) is 11.8 Å². The Balaban J connectivity index is 2.26. The Labute approximate surface area is 86.5 Å². The Hall–Kier alpha value is -0.220. The van der Waals surface area contributed by atoms with E-state index in [4.69, 9.17) is 11.6 Å². The van der Waals surface area contributed by atoms with Gasteiger partial charge >= 0.3 is 0 Å². The van der Waals surface area contributed by atoms with Gasteiger partial charge in [-0.05, 0) is 12.8 Å². The second kappa shape index (κ2) is 2.89. The molecule has 0 N–H and O–H groups in total. The van der Waals surface area contributed by atoms with Gasteiger partial charge in [0.25, 0.3) is 5.91 Å². The molecule has 2 aliphatic rings. The number of amidine groups is 1. The Morgan fingerprint density at radius 1 is 1.62 bits per heavy atom.